The van der Waals surface area contributed by atoms with Crippen molar-refractivity contribution < 1.29 is 4.79 Å². The first-order chi connectivity index (χ1) is 10.4. The van der Waals surface area contributed by atoms with Gasteiger partial charge in [-0.05, 0) is 42.2 Å². The van der Waals surface area contributed by atoms with E-state index in [0.717, 1.165) is 17.1 Å². The molecule has 1 aromatic carbocycles. The first-order valence-electron chi connectivity index (χ1n) is 7.04. The van der Waals surface area contributed by atoms with Crippen molar-refractivity contribution in [2.75, 3.05) is 5.32 Å². The molecule has 3 heteroatoms. The van der Waals surface area contributed by atoms with Gasteiger partial charge in [-0.2, -0.15) is 0 Å². The summed E-state index contributed by atoms with van der Waals surface area (Å²) < 4.78 is 0. The zero-order chi connectivity index (χ0) is 17.2. The van der Waals surface area contributed by atoms with E-state index in [9.17, 15) is 0 Å². The van der Waals surface area contributed by atoms with Gasteiger partial charge in [0.2, 0.25) is 0 Å². The average Bonchev–Trinajstić information content (AvgIpc) is 2.53. The highest BCUT2D eigenvalue weighted by molar-refractivity contribution is 5.59. The smallest absolute Gasteiger partial charge is 0.106 e. The second-order valence-corrected chi connectivity index (χ2v) is 5.64. The van der Waals surface area contributed by atoms with Crippen LogP contribution in [0, 0.1) is 6.92 Å². The van der Waals surface area contributed by atoms with E-state index in [1.165, 1.54) is 5.56 Å². The van der Waals surface area contributed by atoms with Gasteiger partial charge in [0.25, 0.3) is 0 Å². The van der Waals surface area contributed by atoms with Crippen molar-refractivity contribution in [1.82, 2.24) is 4.98 Å². The highest BCUT2D eigenvalue weighted by Gasteiger charge is 2.12. The molecule has 0 fully saturated rings. The summed E-state index contributed by atoms with van der Waals surface area (Å²) in [6.45, 7) is 16.7. The van der Waals surface area contributed by atoms with Crippen molar-refractivity contribution in [3.8, 4) is 0 Å². The number of nitrogens with zero attached hydrogens (tertiary/aromatic N) is 1. The number of pyridine rings is 1. The van der Waals surface area contributed by atoms with Crippen LogP contribution < -0.4 is 5.32 Å². The molecule has 0 aliphatic heterocycles. The Labute approximate surface area is 134 Å². The van der Waals surface area contributed by atoms with Crippen LogP contribution in [-0.4, -0.2) is 11.8 Å². The van der Waals surface area contributed by atoms with Crippen LogP contribution in [0.5, 0.6) is 0 Å². The minimum Gasteiger partial charge on any atom is -0.354 e. The molecule has 2 aromatic rings. The Bertz CT molecular complexity index is 537. The molecule has 0 saturated carbocycles. The number of benzene rings is 1. The van der Waals surface area contributed by atoms with E-state index < -0.39 is 0 Å². The fourth-order valence-corrected chi connectivity index (χ4v) is 1.76. The fourth-order valence-electron chi connectivity index (χ4n) is 1.76. The Balaban J connectivity index is 0.00000102. The van der Waals surface area contributed by atoms with Gasteiger partial charge in [-0.25, -0.2) is 0 Å². The zero-order valence-electron chi connectivity index (χ0n) is 14.0. The third-order valence-corrected chi connectivity index (χ3v) is 2.95. The molecule has 0 atom stereocenters. The van der Waals surface area contributed by atoms with Crippen LogP contribution in [0.3, 0.4) is 0 Å². The van der Waals surface area contributed by atoms with Crippen LogP contribution in [0.2, 0.25) is 0 Å². The number of aromatic nitrogens is 1. The molecule has 0 aliphatic rings. The number of hydrogen-bond acceptors (Lipinski definition) is 3. The Morgan fingerprint density at radius 3 is 1.82 bits per heavy atom. The molecule has 0 saturated heterocycles. The lowest BCUT2D eigenvalue weighted by Crippen LogP contribution is -2.10. The third-order valence-electron chi connectivity index (χ3n) is 2.95. The van der Waals surface area contributed by atoms with E-state index in [0.29, 0.717) is 0 Å². The minimum atomic E-state index is 0.198. The maximum Gasteiger partial charge on any atom is 0.106 e. The SMILES string of the molecule is C=C.C=O.Cc1ccc(Nc2ccc(C(C)(C)C)cc2)cn1. The summed E-state index contributed by atoms with van der Waals surface area (Å²) in [6.07, 6.45) is 1.85. The maximum atomic E-state index is 8.00. The lowest BCUT2D eigenvalue weighted by molar-refractivity contribution is -0.0979. The maximum absolute atomic E-state index is 8.00. The van der Waals surface area contributed by atoms with Gasteiger partial charge in [0, 0.05) is 11.4 Å². The molecule has 0 radical (unpaired) electrons. The standard InChI is InChI=1S/C16H20N2.C2H4.CH2O/c1-12-5-8-15(11-17-12)18-14-9-6-13(7-10-14)16(2,3)4;2*1-2/h5-11,18H,1-4H3;1-2H2;1H2. The predicted molar refractivity (Wildman–Crippen MR) is 95.8 cm³/mol. The van der Waals surface area contributed by atoms with Crippen molar-refractivity contribution in [2.45, 2.75) is 33.1 Å². The largest absolute Gasteiger partial charge is 0.354 e. The first-order valence-corrected chi connectivity index (χ1v) is 7.04. The summed E-state index contributed by atoms with van der Waals surface area (Å²) in [7, 11) is 0. The summed E-state index contributed by atoms with van der Waals surface area (Å²) in [5, 5.41) is 3.35. The van der Waals surface area contributed by atoms with E-state index in [4.69, 9.17) is 4.79 Å². The van der Waals surface area contributed by atoms with Crippen LogP contribution in [0.1, 0.15) is 32.0 Å². The molecule has 1 aromatic heterocycles. The van der Waals surface area contributed by atoms with Gasteiger partial charge in [-0.15, -0.1) is 13.2 Å². The fraction of sp³-hybridized carbons (Fsp3) is 0.263. The third kappa shape index (κ3) is 6.35. The van der Waals surface area contributed by atoms with Crippen molar-refractivity contribution in [2.24, 2.45) is 0 Å². The highest BCUT2D eigenvalue weighted by Crippen LogP contribution is 2.24. The van der Waals surface area contributed by atoms with Gasteiger partial charge in [0.1, 0.15) is 6.79 Å². The monoisotopic (exact) mass is 298 g/mol. The lowest BCUT2D eigenvalue weighted by Gasteiger charge is -2.19. The van der Waals surface area contributed by atoms with Crippen LogP contribution in [-0.2, 0) is 10.2 Å². The average molecular weight is 298 g/mol. The lowest BCUT2D eigenvalue weighted by atomic mass is 9.87. The number of hydrogen-bond donors (Lipinski definition) is 1. The molecule has 22 heavy (non-hydrogen) atoms. The van der Waals surface area contributed by atoms with E-state index in [1.807, 2.05) is 32.0 Å². The topological polar surface area (TPSA) is 42.0 Å². The number of carbonyl (C=O) groups is 1. The van der Waals surface area contributed by atoms with Gasteiger partial charge in [0.05, 0.1) is 11.9 Å². The number of nitrogens with one attached hydrogen (secondary N) is 1. The van der Waals surface area contributed by atoms with Crippen LogP contribution >= 0.6 is 0 Å². The Morgan fingerprint density at radius 1 is 0.909 bits per heavy atom. The number of anilines is 2. The second-order valence-electron chi connectivity index (χ2n) is 5.64. The molecular weight excluding hydrogens is 272 g/mol. The highest BCUT2D eigenvalue weighted by atomic mass is 16.1. The summed E-state index contributed by atoms with van der Waals surface area (Å²) >= 11 is 0. The van der Waals surface area contributed by atoms with Crippen LogP contribution in [0.4, 0.5) is 11.4 Å². The van der Waals surface area contributed by atoms with Gasteiger partial charge < -0.3 is 10.1 Å². The minimum absolute atomic E-state index is 0.198. The Hall–Kier alpha value is -2.42. The summed E-state index contributed by atoms with van der Waals surface area (Å²) in [4.78, 5) is 12.3. The van der Waals surface area contributed by atoms with E-state index >= 15 is 0 Å². The molecule has 0 aliphatic carbocycles. The Kier molecular flexibility index (Phi) is 8.46. The molecule has 1 N–H and O–H groups in total. The Morgan fingerprint density at radius 2 is 1.41 bits per heavy atom. The zero-order valence-corrected chi connectivity index (χ0v) is 14.0. The summed E-state index contributed by atoms with van der Waals surface area (Å²) in [5.74, 6) is 0. The van der Waals surface area contributed by atoms with Gasteiger partial charge in [-0.1, -0.05) is 32.9 Å². The molecular formula is C19H26N2O. The van der Waals surface area contributed by atoms with E-state index in [-0.39, 0.29) is 5.41 Å². The molecule has 0 amide bonds. The first kappa shape index (κ1) is 19.6. The van der Waals surface area contributed by atoms with Crippen molar-refractivity contribution >= 4 is 18.2 Å². The molecule has 0 bridgehead atoms. The quantitative estimate of drug-likeness (QED) is 0.789. The molecule has 2 rings (SSSR count). The van der Waals surface area contributed by atoms with E-state index in [1.54, 1.807) is 0 Å². The molecule has 1 heterocycles. The molecule has 0 unspecified atom stereocenters. The molecule has 118 valence electrons. The summed E-state index contributed by atoms with van der Waals surface area (Å²) in [6, 6.07) is 12.6. The van der Waals surface area contributed by atoms with Crippen molar-refractivity contribution in [3.05, 3.63) is 67.0 Å². The molecule has 3 nitrogen and oxygen atoms in total. The van der Waals surface area contributed by atoms with Crippen molar-refractivity contribution in [3.63, 3.8) is 0 Å². The van der Waals surface area contributed by atoms with Gasteiger partial charge in [0.15, 0.2) is 0 Å². The number of carbonyl (C=O) groups excluding carboxylic acids is 1. The van der Waals surface area contributed by atoms with Crippen LogP contribution in [0.25, 0.3) is 0 Å². The second kappa shape index (κ2) is 9.50. The van der Waals surface area contributed by atoms with Crippen LogP contribution in [0.15, 0.2) is 55.8 Å². The van der Waals surface area contributed by atoms with Crippen molar-refractivity contribution in [1.29, 1.82) is 0 Å². The normalized spacial score (nSPS) is 9.64. The number of rotatable bonds is 2. The number of aryl methyl sites for hydroxylation is 1. The van der Waals surface area contributed by atoms with Gasteiger partial charge >= 0.3 is 0 Å². The van der Waals surface area contributed by atoms with Gasteiger partial charge in [-0.3, -0.25) is 4.98 Å². The molecule has 0 spiro atoms. The predicted octanol–water partition coefficient (Wildman–Crippen LogP) is 5.05. The van der Waals surface area contributed by atoms with E-state index in [2.05, 4.69) is 68.5 Å². The summed E-state index contributed by atoms with van der Waals surface area (Å²) in [5.41, 5.74) is 4.68.